The summed E-state index contributed by atoms with van der Waals surface area (Å²) in [4.78, 5) is 14.3. The van der Waals surface area contributed by atoms with Crippen LogP contribution in [0.1, 0.15) is 40.5 Å². The van der Waals surface area contributed by atoms with Gasteiger partial charge in [-0.25, -0.2) is 0 Å². The normalized spacial score (nSPS) is 29.1. The summed E-state index contributed by atoms with van der Waals surface area (Å²) in [6, 6.07) is 1.73. The van der Waals surface area contributed by atoms with Gasteiger partial charge in [-0.05, 0) is 12.3 Å². The number of carbonyl (C=O) groups excluding carboxylic acids is 1. The van der Waals surface area contributed by atoms with Crippen LogP contribution in [0.5, 0.6) is 0 Å². The molecular formula is C16H30N2O2. The first kappa shape index (κ1) is 15.9. The first-order valence-electron chi connectivity index (χ1n) is 8.12. The van der Waals surface area contributed by atoms with E-state index in [0.717, 1.165) is 26.3 Å². The van der Waals surface area contributed by atoms with Gasteiger partial charge in [0.1, 0.15) is 5.78 Å². The Morgan fingerprint density at radius 3 is 2.45 bits per heavy atom. The van der Waals surface area contributed by atoms with Gasteiger partial charge >= 0.3 is 0 Å². The summed E-state index contributed by atoms with van der Waals surface area (Å²) in [5, 5.41) is 3.62. The van der Waals surface area contributed by atoms with Crippen molar-refractivity contribution in [1.82, 2.24) is 10.2 Å². The first-order valence-corrected chi connectivity index (χ1v) is 8.12. The highest BCUT2D eigenvalue weighted by Gasteiger charge is 2.43. The minimum Gasteiger partial charge on any atom is -0.378 e. The van der Waals surface area contributed by atoms with Crippen molar-refractivity contribution in [3.8, 4) is 0 Å². The van der Waals surface area contributed by atoms with Crippen LogP contribution in [0.25, 0.3) is 0 Å². The zero-order valence-electron chi connectivity index (χ0n) is 13.4. The maximum absolute atomic E-state index is 11.7. The van der Waals surface area contributed by atoms with Crippen LogP contribution in [0, 0.1) is 11.8 Å². The van der Waals surface area contributed by atoms with Gasteiger partial charge in [-0.1, -0.05) is 27.7 Å². The summed E-state index contributed by atoms with van der Waals surface area (Å²) in [6.07, 6.45) is 1.94. The van der Waals surface area contributed by atoms with E-state index in [1.807, 2.05) is 13.8 Å². The van der Waals surface area contributed by atoms with E-state index in [2.05, 4.69) is 24.1 Å². The third-order valence-electron chi connectivity index (χ3n) is 4.90. The monoisotopic (exact) mass is 282 g/mol. The lowest BCUT2D eigenvalue weighted by atomic mass is 9.89. The summed E-state index contributed by atoms with van der Waals surface area (Å²) >= 11 is 0. The second-order valence-corrected chi connectivity index (χ2v) is 6.76. The van der Waals surface area contributed by atoms with E-state index >= 15 is 0 Å². The smallest absolute Gasteiger partial charge is 0.136 e. The zero-order chi connectivity index (χ0) is 14.7. The second kappa shape index (κ2) is 7.01. The lowest BCUT2D eigenvalue weighted by Gasteiger charge is -2.53. The van der Waals surface area contributed by atoms with Crippen molar-refractivity contribution in [2.45, 2.75) is 58.7 Å². The molecule has 3 rings (SSSR count). The van der Waals surface area contributed by atoms with Gasteiger partial charge in [0.2, 0.25) is 0 Å². The topological polar surface area (TPSA) is 41.6 Å². The minimum absolute atomic E-state index is 0.125. The van der Waals surface area contributed by atoms with Crippen molar-refractivity contribution < 1.29 is 9.53 Å². The Morgan fingerprint density at radius 2 is 1.95 bits per heavy atom. The first-order chi connectivity index (χ1) is 9.52. The molecule has 3 heterocycles. The summed E-state index contributed by atoms with van der Waals surface area (Å²) in [5.74, 6) is 1.07. The summed E-state index contributed by atoms with van der Waals surface area (Å²) in [7, 11) is 0. The molecule has 0 radical (unpaired) electrons. The molecule has 0 amide bonds. The molecule has 116 valence electrons. The van der Waals surface area contributed by atoms with E-state index in [0.29, 0.717) is 36.2 Å². The van der Waals surface area contributed by atoms with Gasteiger partial charge < -0.3 is 10.1 Å². The second-order valence-electron chi connectivity index (χ2n) is 6.76. The number of Topliss-reactive ketones (excluding diaryl/α,β-unsaturated/α-hetero) is 1. The summed E-state index contributed by atoms with van der Waals surface area (Å²) < 4.78 is 5.54. The van der Waals surface area contributed by atoms with Gasteiger partial charge in [0, 0.05) is 43.6 Å². The number of rotatable bonds is 8. The van der Waals surface area contributed by atoms with Crippen molar-refractivity contribution >= 4 is 5.78 Å². The van der Waals surface area contributed by atoms with Crippen LogP contribution in [-0.2, 0) is 9.53 Å². The molecule has 3 aliphatic rings. The van der Waals surface area contributed by atoms with E-state index in [9.17, 15) is 4.79 Å². The molecule has 4 atom stereocenters. The predicted octanol–water partition coefficient (Wildman–Crippen LogP) is 1.69. The average Bonchev–Trinajstić information content (AvgIpc) is 2.46. The Hall–Kier alpha value is -0.450. The highest BCUT2D eigenvalue weighted by Crippen LogP contribution is 2.31. The molecule has 0 aromatic heterocycles. The van der Waals surface area contributed by atoms with Gasteiger partial charge in [0.25, 0.3) is 0 Å². The largest absolute Gasteiger partial charge is 0.378 e. The van der Waals surface area contributed by atoms with Crippen LogP contribution >= 0.6 is 0 Å². The maximum Gasteiger partial charge on any atom is 0.136 e. The fourth-order valence-electron chi connectivity index (χ4n) is 3.24. The third kappa shape index (κ3) is 3.60. The molecule has 0 aromatic rings. The van der Waals surface area contributed by atoms with Gasteiger partial charge in [0.15, 0.2) is 0 Å². The molecule has 1 unspecified atom stereocenters. The molecule has 3 aliphatic heterocycles. The number of nitrogens with one attached hydrogen (secondary N) is 1. The highest BCUT2D eigenvalue weighted by atomic mass is 16.5. The fraction of sp³-hybridized carbons (Fsp3) is 0.938. The Balaban J connectivity index is 1.80. The fourth-order valence-corrected chi connectivity index (χ4v) is 3.24. The van der Waals surface area contributed by atoms with Gasteiger partial charge in [-0.2, -0.15) is 0 Å². The molecule has 3 saturated heterocycles. The molecule has 0 aliphatic carbocycles. The quantitative estimate of drug-likeness (QED) is 0.735. The minimum atomic E-state index is 0.125. The van der Waals surface area contributed by atoms with Gasteiger partial charge in [-0.15, -0.1) is 0 Å². The molecule has 0 saturated carbocycles. The van der Waals surface area contributed by atoms with E-state index in [-0.39, 0.29) is 5.92 Å². The van der Waals surface area contributed by atoms with Crippen molar-refractivity contribution in [3.05, 3.63) is 0 Å². The van der Waals surface area contributed by atoms with Crippen molar-refractivity contribution in [1.29, 1.82) is 0 Å². The predicted molar refractivity (Wildman–Crippen MR) is 80.8 cm³/mol. The van der Waals surface area contributed by atoms with Crippen LogP contribution in [-0.4, -0.2) is 55.1 Å². The SMILES string of the molecule is CCC(=O)C(C)CN[C@H](CN1[C@@H]2COC[C@H]1C2)C(C)C. The van der Waals surface area contributed by atoms with Crippen LogP contribution in [0.2, 0.25) is 0 Å². The van der Waals surface area contributed by atoms with E-state index in [1.54, 1.807) is 0 Å². The molecule has 0 aromatic carbocycles. The van der Waals surface area contributed by atoms with E-state index in [1.165, 1.54) is 6.42 Å². The van der Waals surface area contributed by atoms with Crippen LogP contribution in [0.4, 0.5) is 0 Å². The third-order valence-corrected chi connectivity index (χ3v) is 4.90. The summed E-state index contributed by atoms with van der Waals surface area (Å²) in [5.41, 5.74) is 0. The summed E-state index contributed by atoms with van der Waals surface area (Å²) in [6.45, 7) is 12.2. The molecule has 4 nitrogen and oxygen atoms in total. The Bertz CT molecular complexity index is 318. The number of hydrogen-bond donors (Lipinski definition) is 1. The Kier molecular flexibility index (Phi) is 5.58. The van der Waals surface area contributed by atoms with Gasteiger partial charge in [-0.3, -0.25) is 9.69 Å². The molecule has 2 bridgehead atoms. The van der Waals surface area contributed by atoms with Crippen LogP contribution < -0.4 is 5.32 Å². The van der Waals surface area contributed by atoms with Crippen molar-refractivity contribution in [3.63, 3.8) is 0 Å². The van der Waals surface area contributed by atoms with Crippen molar-refractivity contribution in [2.75, 3.05) is 26.3 Å². The molecule has 0 spiro atoms. The number of ketones is 1. The average molecular weight is 282 g/mol. The Labute approximate surface area is 123 Å². The molecule has 1 N–H and O–H groups in total. The lowest BCUT2D eigenvalue weighted by molar-refractivity contribution is -0.131. The zero-order valence-corrected chi connectivity index (χ0v) is 13.4. The Morgan fingerprint density at radius 1 is 1.30 bits per heavy atom. The van der Waals surface area contributed by atoms with Crippen molar-refractivity contribution in [2.24, 2.45) is 11.8 Å². The molecule has 4 heteroatoms. The van der Waals surface area contributed by atoms with Gasteiger partial charge in [0.05, 0.1) is 13.2 Å². The number of nitrogens with zero attached hydrogens (tertiary/aromatic N) is 1. The highest BCUT2D eigenvalue weighted by molar-refractivity contribution is 5.80. The van der Waals surface area contributed by atoms with Crippen LogP contribution in [0.15, 0.2) is 0 Å². The standard InChI is InChI=1S/C16H30N2O2/c1-5-16(19)12(4)7-17-15(11(2)3)8-18-13-6-14(18)10-20-9-13/h11-15,17H,5-10H2,1-4H3/t12?,13-,14+,15-/m1/s1. The number of hydrogen-bond acceptors (Lipinski definition) is 4. The molecule has 20 heavy (non-hydrogen) atoms. The molecule has 3 fully saturated rings. The number of fused-ring (bicyclic) bond motifs is 2. The number of morpholine rings is 1. The van der Waals surface area contributed by atoms with E-state index in [4.69, 9.17) is 4.74 Å². The number of ether oxygens (including phenoxy) is 1. The van der Waals surface area contributed by atoms with Crippen LogP contribution in [0.3, 0.4) is 0 Å². The maximum atomic E-state index is 11.7. The molecular weight excluding hydrogens is 252 g/mol. The van der Waals surface area contributed by atoms with E-state index < -0.39 is 0 Å². The number of carbonyl (C=O) groups is 1. The lowest BCUT2D eigenvalue weighted by Crippen LogP contribution is -2.66.